The van der Waals surface area contributed by atoms with E-state index in [0.717, 1.165) is 16.7 Å². The van der Waals surface area contributed by atoms with E-state index in [4.69, 9.17) is 4.74 Å². The first-order valence-corrected chi connectivity index (χ1v) is 12.4. The van der Waals surface area contributed by atoms with Crippen molar-refractivity contribution in [3.8, 4) is 5.75 Å². The van der Waals surface area contributed by atoms with Gasteiger partial charge in [0.1, 0.15) is 11.5 Å². The van der Waals surface area contributed by atoms with Crippen LogP contribution in [0.15, 0.2) is 78.4 Å². The van der Waals surface area contributed by atoms with Crippen molar-refractivity contribution < 1.29 is 19.4 Å². The Morgan fingerprint density at radius 3 is 2.28 bits per heavy atom. The predicted octanol–water partition coefficient (Wildman–Crippen LogP) is 6.78. The molecule has 1 heterocycles. The number of anilines is 1. The Balaban J connectivity index is 1.85. The number of ketones is 1. The molecule has 0 spiro atoms. The van der Waals surface area contributed by atoms with Gasteiger partial charge in [-0.15, -0.1) is 0 Å². The number of aliphatic hydroxyl groups is 1. The average molecular weight is 484 g/mol. The van der Waals surface area contributed by atoms with Gasteiger partial charge in [-0.05, 0) is 54.2 Å². The molecule has 5 heteroatoms. The first-order chi connectivity index (χ1) is 17.2. The number of hydrogen-bond donors (Lipinski definition) is 1. The normalized spacial score (nSPS) is 17.3. The minimum atomic E-state index is -0.755. The fourth-order valence-electron chi connectivity index (χ4n) is 4.43. The molecule has 0 aliphatic carbocycles. The highest BCUT2D eigenvalue weighted by atomic mass is 16.5. The maximum atomic E-state index is 13.4. The molecule has 0 radical (unpaired) electrons. The number of aliphatic hydroxyl groups excluding tert-OH is 1. The van der Waals surface area contributed by atoms with E-state index >= 15 is 0 Å². The molecular weight excluding hydrogens is 450 g/mol. The maximum Gasteiger partial charge on any atom is 0.300 e. The van der Waals surface area contributed by atoms with E-state index < -0.39 is 17.7 Å². The minimum absolute atomic E-state index is 0.0690. The molecule has 3 aromatic rings. The van der Waals surface area contributed by atoms with Gasteiger partial charge < -0.3 is 9.84 Å². The molecule has 0 saturated carbocycles. The number of Topliss-reactive ketones (excluding diaryl/α,β-unsaturated/α-hetero) is 1. The smallest absolute Gasteiger partial charge is 0.300 e. The van der Waals surface area contributed by atoms with Gasteiger partial charge in [-0.1, -0.05) is 81.8 Å². The second kappa shape index (κ2) is 10.4. The van der Waals surface area contributed by atoms with Crippen LogP contribution in [-0.4, -0.2) is 23.4 Å². The zero-order chi connectivity index (χ0) is 26.0. The molecule has 1 unspecified atom stereocenters. The lowest BCUT2D eigenvalue weighted by atomic mass is 9.94. The molecule has 3 aromatic carbocycles. The quantitative estimate of drug-likeness (QED) is 0.229. The van der Waals surface area contributed by atoms with Gasteiger partial charge in [0.15, 0.2) is 0 Å². The lowest BCUT2D eigenvalue weighted by Crippen LogP contribution is -2.29. The van der Waals surface area contributed by atoms with Crippen molar-refractivity contribution in [2.75, 3.05) is 11.5 Å². The molecule has 1 aliphatic rings. The van der Waals surface area contributed by atoms with Gasteiger partial charge in [-0.25, -0.2) is 0 Å². The summed E-state index contributed by atoms with van der Waals surface area (Å²) in [5.41, 5.74) is 4.01. The van der Waals surface area contributed by atoms with E-state index in [-0.39, 0.29) is 11.3 Å². The highest BCUT2D eigenvalue weighted by Gasteiger charge is 2.47. The summed E-state index contributed by atoms with van der Waals surface area (Å²) >= 11 is 0. The van der Waals surface area contributed by atoms with Crippen LogP contribution in [0, 0.1) is 12.8 Å². The van der Waals surface area contributed by atoms with Crippen molar-refractivity contribution in [3.63, 3.8) is 0 Å². The van der Waals surface area contributed by atoms with Gasteiger partial charge in [0.25, 0.3) is 11.7 Å². The summed E-state index contributed by atoms with van der Waals surface area (Å²) in [4.78, 5) is 28.3. The molecule has 1 aliphatic heterocycles. The maximum absolute atomic E-state index is 13.4. The summed E-state index contributed by atoms with van der Waals surface area (Å²) in [6.07, 6.45) is 0. The van der Waals surface area contributed by atoms with E-state index in [1.54, 1.807) is 18.2 Å². The molecule has 1 saturated heterocycles. The van der Waals surface area contributed by atoms with Crippen molar-refractivity contribution in [3.05, 3.63) is 101 Å². The van der Waals surface area contributed by atoms with Crippen LogP contribution in [0.4, 0.5) is 5.69 Å². The molecule has 36 heavy (non-hydrogen) atoms. The zero-order valence-corrected chi connectivity index (χ0v) is 21.5. The van der Waals surface area contributed by atoms with Gasteiger partial charge in [0.2, 0.25) is 0 Å². The van der Waals surface area contributed by atoms with Crippen molar-refractivity contribution in [1.29, 1.82) is 0 Å². The van der Waals surface area contributed by atoms with Gasteiger partial charge in [-0.3, -0.25) is 14.5 Å². The van der Waals surface area contributed by atoms with E-state index in [9.17, 15) is 14.7 Å². The summed E-state index contributed by atoms with van der Waals surface area (Å²) < 4.78 is 5.82. The van der Waals surface area contributed by atoms with Crippen LogP contribution in [0.2, 0.25) is 0 Å². The average Bonchev–Trinajstić information content (AvgIpc) is 3.13. The molecule has 0 aromatic heterocycles. The highest BCUT2D eigenvalue weighted by Crippen LogP contribution is 2.42. The highest BCUT2D eigenvalue weighted by molar-refractivity contribution is 6.51. The predicted molar refractivity (Wildman–Crippen MR) is 143 cm³/mol. The monoisotopic (exact) mass is 483 g/mol. The number of amides is 1. The van der Waals surface area contributed by atoms with E-state index in [2.05, 4.69) is 27.7 Å². The Morgan fingerprint density at radius 1 is 0.944 bits per heavy atom. The number of carbonyl (C=O) groups is 2. The number of aryl methyl sites for hydroxylation is 1. The SMILES string of the molecule is Cc1cccc(C2/C(=C(/O)c3cccc(OCC(C)C)c3)C(=O)C(=O)N2c2ccc(C(C)C)cc2)c1. The lowest BCUT2D eigenvalue weighted by molar-refractivity contribution is -0.132. The van der Waals surface area contributed by atoms with Crippen LogP contribution in [0.3, 0.4) is 0 Å². The third-order valence-electron chi connectivity index (χ3n) is 6.33. The summed E-state index contributed by atoms with van der Waals surface area (Å²) in [6, 6.07) is 21.6. The van der Waals surface area contributed by atoms with Crippen molar-refractivity contribution in [2.45, 2.75) is 46.6 Å². The summed E-state index contributed by atoms with van der Waals surface area (Å²) in [5.74, 6) is -0.300. The summed E-state index contributed by atoms with van der Waals surface area (Å²) in [7, 11) is 0. The number of benzene rings is 3. The van der Waals surface area contributed by atoms with Gasteiger partial charge in [-0.2, -0.15) is 0 Å². The van der Waals surface area contributed by atoms with Crippen LogP contribution in [0.5, 0.6) is 5.75 Å². The number of hydrogen-bond acceptors (Lipinski definition) is 4. The van der Waals surface area contributed by atoms with Crippen molar-refractivity contribution >= 4 is 23.1 Å². The fraction of sp³-hybridized carbons (Fsp3) is 0.290. The first kappa shape index (κ1) is 25.2. The Hall–Kier alpha value is -3.86. The van der Waals surface area contributed by atoms with E-state index in [1.807, 2.05) is 61.5 Å². The number of carbonyl (C=O) groups excluding carboxylic acids is 2. The third-order valence-corrected chi connectivity index (χ3v) is 6.33. The van der Waals surface area contributed by atoms with E-state index in [0.29, 0.717) is 35.4 Å². The molecule has 1 N–H and O–H groups in total. The molecule has 1 atom stereocenters. The largest absolute Gasteiger partial charge is 0.507 e. The number of rotatable bonds is 7. The number of nitrogens with zero attached hydrogens (tertiary/aromatic N) is 1. The standard InChI is InChI=1S/C31H33NO4/c1-19(2)18-36-26-11-7-10-24(17-26)29(33)27-28(23-9-6-8-21(5)16-23)32(31(35)30(27)34)25-14-12-22(13-15-25)20(3)4/h6-17,19-20,28,33H,18H2,1-5H3/b29-27-. The second-order valence-corrected chi connectivity index (χ2v) is 10.1. The van der Waals surface area contributed by atoms with Crippen LogP contribution in [0.1, 0.15) is 61.9 Å². The van der Waals surface area contributed by atoms with Crippen LogP contribution >= 0.6 is 0 Å². The first-order valence-electron chi connectivity index (χ1n) is 12.4. The molecule has 1 amide bonds. The molecule has 4 rings (SSSR count). The second-order valence-electron chi connectivity index (χ2n) is 10.1. The van der Waals surface area contributed by atoms with Crippen LogP contribution < -0.4 is 9.64 Å². The fourth-order valence-corrected chi connectivity index (χ4v) is 4.43. The van der Waals surface area contributed by atoms with Gasteiger partial charge in [0.05, 0.1) is 18.2 Å². The Bertz CT molecular complexity index is 1300. The minimum Gasteiger partial charge on any atom is -0.507 e. The molecule has 186 valence electrons. The topological polar surface area (TPSA) is 66.8 Å². The molecular formula is C31H33NO4. The third kappa shape index (κ3) is 5.06. The molecule has 5 nitrogen and oxygen atoms in total. The van der Waals surface area contributed by atoms with Crippen LogP contribution in [0.25, 0.3) is 5.76 Å². The van der Waals surface area contributed by atoms with Gasteiger partial charge in [0, 0.05) is 11.3 Å². The van der Waals surface area contributed by atoms with E-state index in [1.165, 1.54) is 4.90 Å². The van der Waals surface area contributed by atoms with Crippen LogP contribution in [-0.2, 0) is 9.59 Å². The lowest BCUT2D eigenvalue weighted by Gasteiger charge is -2.26. The molecule has 1 fully saturated rings. The van der Waals surface area contributed by atoms with Crippen molar-refractivity contribution in [1.82, 2.24) is 0 Å². The zero-order valence-electron chi connectivity index (χ0n) is 21.5. The number of ether oxygens (including phenoxy) is 1. The Morgan fingerprint density at radius 2 is 1.64 bits per heavy atom. The summed E-state index contributed by atoms with van der Waals surface area (Å²) in [5, 5.41) is 11.4. The molecule has 0 bridgehead atoms. The van der Waals surface area contributed by atoms with Crippen molar-refractivity contribution in [2.24, 2.45) is 5.92 Å². The Labute approximate surface area is 213 Å². The van der Waals surface area contributed by atoms with Gasteiger partial charge >= 0.3 is 0 Å². The Kier molecular flexibility index (Phi) is 7.30. The summed E-state index contributed by atoms with van der Waals surface area (Å²) in [6.45, 7) is 10.8.